The molecule has 1 unspecified atom stereocenters. The number of nitrogens with zero attached hydrogens (tertiary/aromatic N) is 2. The Labute approximate surface area is 78.8 Å². The summed E-state index contributed by atoms with van der Waals surface area (Å²) in [6, 6.07) is 0. The highest BCUT2D eigenvalue weighted by Crippen LogP contribution is 2.17. The molecule has 0 N–H and O–H groups in total. The van der Waals surface area contributed by atoms with Crippen LogP contribution in [0.25, 0.3) is 0 Å². The minimum absolute atomic E-state index is 0.221. The maximum absolute atomic E-state index is 10.9. The molecule has 1 heterocycles. The number of carbonyl (C=O) groups is 1. The minimum atomic E-state index is 0.221. The van der Waals surface area contributed by atoms with Crippen LogP contribution < -0.4 is 0 Å². The van der Waals surface area contributed by atoms with Crippen LogP contribution >= 0.6 is 0 Å². The third-order valence-corrected chi connectivity index (χ3v) is 2.12. The van der Waals surface area contributed by atoms with E-state index >= 15 is 0 Å². The minimum Gasteiger partial charge on any atom is -0.335 e. The maximum Gasteiger partial charge on any atom is 0.130 e. The SMILES string of the molecule is CCn1ccnc1C(C)CC(C)=O. The van der Waals surface area contributed by atoms with Crippen molar-refractivity contribution >= 4 is 5.78 Å². The Morgan fingerprint density at radius 2 is 2.38 bits per heavy atom. The predicted octanol–water partition coefficient (Wildman–Crippen LogP) is 1.99. The van der Waals surface area contributed by atoms with Gasteiger partial charge in [-0.05, 0) is 13.8 Å². The lowest BCUT2D eigenvalue weighted by molar-refractivity contribution is -0.117. The molecule has 72 valence electrons. The summed E-state index contributed by atoms with van der Waals surface area (Å²) in [5.41, 5.74) is 0. The Bertz CT molecular complexity index is 291. The second-order valence-electron chi connectivity index (χ2n) is 3.38. The van der Waals surface area contributed by atoms with Crippen molar-refractivity contribution in [2.75, 3.05) is 0 Å². The fourth-order valence-corrected chi connectivity index (χ4v) is 1.54. The van der Waals surface area contributed by atoms with Crippen molar-refractivity contribution in [1.82, 2.24) is 9.55 Å². The normalized spacial score (nSPS) is 12.8. The van der Waals surface area contributed by atoms with Crippen LogP contribution in [0.2, 0.25) is 0 Å². The molecule has 3 heteroatoms. The van der Waals surface area contributed by atoms with Crippen LogP contribution in [0, 0.1) is 0 Å². The smallest absolute Gasteiger partial charge is 0.130 e. The standard InChI is InChI=1S/C10H16N2O/c1-4-12-6-5-11-10(12)8(2)7-9(3)13/h5-6,8H,4,7H2,1-3H3. The van der Waals surface area contributed by atoms with Gasteiger partial charge in [-0.3, -0.25) is 0 Å². The lowest BCUT2D eigenvalue weighted by Crippen LogP contribution is -2.08. The third kappa shape index (κ3) is 2.41. The van der Waals surface area contributed by atoms with E-state index < -0.39 is 0 Å². The van der Waals surface area contributed by atoms with Gasteiger partial charge >= 0.3 is 0 Å². The van der Waals surface area contributed by atoms with E-state index in [0.29, 0.717) is 6.42 Å². The highest BCUT2D eigenvalue weighted by Gasteiger charge is 2.12. The number of aromatic nitrogens is 2. The van der Waals surface area contributed by atoms with Crippen molar-refractivity contribution in [2.24, 2.45) is 0 Å². The van der Waals surface area contributed by atoms with Gasteiger partial charge in [0.2, 0.25) is 0 Å². The van der Waals surface area contributed by atoms with Crippen LogP contribution in [-0.2, 0) is 11.3 Å². The molecule has 1 atom stereocenters. The van der Waals surface area contributed by atoms with Gasteiger partial charge < -0.3 is 9.36 Å². The molecular formula is C10H16N2O. The van der Waals surface area contributed by atoms with Crippen molar-refractivity contribution in [3.05, 3.63) is 18.2 Å². The van der Waals surface area contributed by atoms with E-state index in [-0.39, 0.29) is 11.7 Å². The number of ketones is 1. The first-order chi connectivity index (χ1) is 6.15. The third-order valence-electron chi connectivity index (χ3n) is 2.12. The fourth-order valence-electron chi connectivity index (χ4n) is 1.54. The fraction of sp³-hybridized carbons (Fsp3) is 0.600. The van der Waals surface area contributed by atoms with Crippen LogP contribution in [0.1, 0.15) is 38.9 Å². The van der Waals surface area contributed by atoms with Crippen molar-refractivity contribution in [2.45, 2.75) is 39.7 Å². The summed E-state index contributed by atoms with van der Waals surface area (Å²) in [5.74, 6) is 1.46. The molecular weight excluding hydrogens is 164 g/mol. The maximum atomic E-state index is 10.9. The summed E-state index contributed by atoms with van der Waals surface area (Å²) < 4.78 is 2.08. The predicted molar refractivity (Wildman–Crippen MR) is 51.6 cm³/mol. The Kier molecular flexibility index (Phi) is 3.23. The number of aryl methyl sites for hydroxylation is 1. The molecule has 0 bridgehead atoms. The van der Waals surface area contributed by atoms with Crippen molar-refractivity contribution in [3.8, 4) is 0 Å². The highest BCUT2D eigenvalue weighted by atomic mass is 16.1. The second-order valence-corrected chi connectivity index (χ2v) is 3.38. The Balaban J connectivity index is 2.75. The van der Waals surface area contributed by atoms with E-state index in [0.717, 1.165) is 12.4 Å². The molecule has 3 nitrogen and oxygen atoms in total. The highest BCUT2D eigenvalue weighted by molar-refractivity contribution is 5.76. The first-order valence-electron chi connectivity index (χ1n) is 4.65. The van der Waals surface area contributed by atoms with E-state index in [4.69, 9.17) is 0 Å². The van der Waals surface area contributed by atoms with E-state index in [1.165, 1.54) is 0 Å². The molecule has 0 saturated heterocycles. The van der Waals surface area contributed by atoms with Gasteiger partial charge in [-0.2, -0.15) is 0 Å². The number of carbonyl (C=O) groups excluding carboxylic acids is 1. The molecule has 0 amide bonds. The summed E-state index contributed by atoms with van der Waals surface area (Å²) in [6.07, 6.45) is 4.32. The van der Waals surface area contributed by atoms with E-state index in [1.807, 2.05) is 13.1 Å². The molecule has 0 radical (unpaired) electrons. The van der Waals surface area contributed by atoms with Gasteiger partial charge in [-0.15, -0.1) is 0 Å². The molecule has 1 aromatic rings. The molecule has 0 aliphatic rings. The van der Waals surface area contributed by atoms with Gasteiger partial charge in [0.05, 0.1) is 0 Å². The first kappa shape index (κ1) is 9.96. The van der Waals surface area contributed by atoms with Crippen LogP contribution in [0.4, 0.5) is 0 Å². The van der Waals surface area contributed by atoms with Crippen LogP contribution in [0.3, 0.4) is 0 Å². The zero-order valence-corrected chi connectivity index (χ0v) is 8.45. The first-order valence-corrected chi connectivity index (χ1v) is 4.65. The van der Waals surface area contributed by atoms with Gasteiger partial charge in [0.15, 0.2) is 0 Å². The topological polar surface area (TPSA) is 34.9 Å². The number of hydrogen-bond donors (Lipinski definition) is 0. The summed E-state index contributed by atoms with van der Waals surface area (Å²) >= 11 is 0. The molecule has 0 spiro atoms. The molecule has 0 saturated carbocycles. The summed E-state index contributed by atoms with van der Waals surface area (Å²) in [5, 5.41) is 0. The van der Waals surface area contributed by atoms with Gasteiger partial charge in [0, 0.05) is 31.3 Å². The van der Waals surface area contributed by atoms with E-state index in [2.05, 4.69) is 16.5 Å². The number of rotatable bonds is 4. The molecule has 0 aliphatic heterocycles. The Morgan fingerprint density at radius 1 is 1.69 bits per heavy atom. The summed E-state index contributed by atoms with van der Waals surface area (Å²) in [6.45, 7) is 6.65. The summed E-state index contributed by atoms with van der Waals surface area (Å²) in [4.78, 5) is 15.2. The largest absolute Gasteiger partial charge is 0.335 e. The summed E-state index contributed by atoms with van der Waals surface area (Å²) in [7, 11) is 0. The van der Waals surface area contributed by atoms with Crippen molar-refractivity contribution < 1.29 is 4.79 Å². The number of Topliss-reactive ketones (excluding diaryl/α,β-unsaturated/α-hetero) is 1. The zero-order valence-electron chi connectivity index (χ0n) is 8.45. The average Bonchev–Trinajstić information content (AvgIpc) is 2.49. The molecule has 0 fully saturated rings. The number of imidazole rings is 1. The van der Waals surface area contributed by atoms with E-state index in [1.54, 1.807) is 13.1 Å². The van der Waals surface area contributed by atoms with Gasteiger partial charge in [0.1, 0.15) is 11.6 Å². The Morgan fingerprint density at radius 3 is 2.92 bits per heavy atom. The second kappa shape index (κ2) is 4.21. The molecule has 1 aromatic heterocycles. The van der Waals surface area contributed by atoms with Crippen molar-refractivity contribution in [3.63, 3.8) is 0 Å². The lowest BCUT2D eigenvalue weighted by Gasteiger charge is -2.10. The Hall–Kier alpha value is -1.12. The lowest BCUT2D eigenvalue weighted by atomic mass is 10.1. The molecule has 13 heavy (non-hydrogen) atoms. The monoisotopic (exact) mass is 180 g/mol. The van der Waals surface area contributed by atoms with Crippen LogP contribution in [-0.4, -0.2) is 15.3 Å². The van der Waals surface area contributed by atoms with Gasteiger partial charge in [0.25, 0.3) is 0 Å². The van der Waals surface area contributed by atoms with Gasteiger partial charge in [-0.25, -0.2) is 4.98 Å². The van der Waals surface area contributed by atoms with Crippen molar-refractivity contribution in [1.29, 1.82) is 0 Å². The average molecular weight is 180 g/mol. The van der Waals surface area contributed by atoms with E-state index in [9.17, 15) is 4.79 Å². The quantitative estimate of drug-likeness (QED) is 0.710. The number of hydrogen-bond acceptors (Lipinski definition) is 2. The van der Waals surface area contributed by atoms with Crippen LogP contribution in [0.15, 0.2) is 12.4 Å². The van der Waals surface area contributed by atoms with Crippen LogP contribution in [0.5, 0.6) is 0 Å². The van der Waals surface area contributed by atoms with Gasteiger partial charge in [-0.1, -0.05) is 6.92 Å². The zero-order chi connectivity index (χ0) is 9.84. The molecule has 0 aromatic carbocycles. The molecule has 0 aliphatic carbocycles. The molecule has 1 rings (SSSR count).